The highest BCUT2D eigenvalue weighted by Crippen LogP contribution is 2.31. The fourth-order valence-corrected chi connectivity index (χ4v) is 1.43. The molecule has 1 nitrogen and oxygen atoms in total. The van der Waals surface area contributed by atoms with Crippen LogP contribution in [0.4, 0.5) is 13.2 Å². The number of halogens is 3. The Morgan fingerprint density at radius 2 is 2.17 bits per heavy atom. The standard InChI is InChI=1S/C8H14F3N/c1-7-2-4-12(5-3-9)6-8(7,10)11/h7H,2-6H2,1H3. The van der Waals surface area contributed by atoms with Crippen molar-refractivity contribution in [2.45, 2.75) is 19.3 Å². The fraction of sp³-hybridized carbons (Fsp3) is 1.00. The van der Waals surface area contributed by atoms with Crippen LogP contribution in [0.25, 0.3) is 0 Å². The van der Waals surface area contributed by atoms with Crippen molar-refractivity contribution in [3.8, 4) is 0 Å². The first-order chi connectivity index (χ1) is 5.56. The lowest BCUT2D eigenvalue weighted by Crippen LogP contribution is -2.48. The number of rotatable bonds is 2. The number of hydrogen-bond donors (Lipinski definition) is 0. The molecule has 0 aromatic heterocycles. The second-order valence-corrected chi connectivity index (χ2v) is 3.42. The summed E-state index contributed by atoms with van der Waals surface area (Å²) in [6.45, 7) is 1.47. The Balaban J connectivity index is 2.45. The van der Waals surface area contributed by atoms with Gasteiger partial charge in [0.05, 0.1) is 6.54 Å². The van der Waals surface area contributed by atoms with Gasteiger partial charge in [0.1, 0.15) is 6.67 Å². The molecular weight excluding hydrogens is 167 g/mol. The summed E-state index contributed by atoms with van der Waals surface area (Å²) in [6.07, 6.45) is 0.465. The van der Waals surface area contributed by atoms with Crippen molar-refractivity contribution in [2.24, 2.45) is 5.92 Å². The minimum absolute atomic E-state index is 0.141. The van der Waals surface area contributed by atoms with Gasteiger partial charge >= 0.3 is 0 Å². The van der Waals surface area contributed by atoms with E-state index in [1.54, 1.807) is 6.92 Å². The average Bonchev–Trinajstić information content (AvgIpc) is 1.97. The molecule has 0 aromatic rings. The van der Waals surface area contributed by atoms with Gasteiger partial charge in [-0.15, -0.1) is 0 Å². The molecule has 1 fully saturated rings. The molecule has 0 aromatic carbocycles. The summed E-state index contributed by atoms with van der Waals surface area (Å²) in [6, 6.07) is 0. The highest BCUT2D eigenvalue weighted by Gasteiger charge is 2.41. The van der Waals surface area contributed by atoms with Gasteiger partial charge in [-0.05, 0) is 13.0 Å². The van der Waals surface area contributed by atoms with E-state index in [1.807, 2.05) is 0 Å². The van der Waals surface area contributed by atoms with Crippen LogP contribution in [0.15, 0.2) is 0 Å². The molecule has 1 rings (SSSR count). The normalized spacial score (nSPS) is 30.5. The van der Waals surface area contributed by atoms with Crippen molar-refractivity contribution in [2.75, 3.05) is 26.3 Å². The molecule has 1 aliphatic rings. The largest absolute Gasteiger partial charge is 0.295 e. The van der Waals surface area contributed by atoms with Crippen LogP contribution in [-0.4, -0.2) is 37.1 Å². The van der Waals surface area contributed by atoms with Crippen molar-refractivity contribution in [3.63, 3.8) is 0 Å². The van der Waals surface area contributed by atoms with Gasteiger partial charge in [-0.3, -0.25) is 4.90 Å². The zero-order valence-electron chi connectivity index (χ0n) is 7.19. The molecule has 1 atom stereocenters. The number of hydrogen-bond acceptors (Lipinski definition) is 1. The summed E-state index contributed by atoms with van der Waals surface area (Å²) in [7, 11) is 0. The Labute approximate surface area is 70.5 Å². The van der Waals surface area contributed by atoms with E-state index in [9.17, 15) is 13.2 Å². The lowest BCUT2D eigenvalue weighted by Gasteiger charge is -2.36. The summed E-state index contributed by atoms with van der Waals surface area (Å²) in [5.74, 6) is -3.19. The zero-order valence-corrected chi connectivity index (χ0v) is 7.19. The molecule has 1 saturated heterocycles. The molecule has 1 heterocycles. The first-order valence-corrected chi connectivity index (χ1v) is 4.22. The van der Waals surface area contributed by atoms with E-state index in [1.165, 1.54) is 4.90 Å². The van der Waals surface area contributed by atoms with Gasteiger partial charge in [0, 0.05) is 12.5 Å². The van der Waals surface area contributed by atoms with Gasteiger partial charge < -0.3 is 0 Å². The van der Waals surface area contributed by atoms with Gasteiger partial charge in [-0.1, -0.05) is 6.92 Å². The minimum atomic E-state index is -2.63. The molecule has 0 spiro atoms. The highest BCUT2D eigenvalue weighted by atomic mass is 19.3. The number of piperidine rings is 1. The Bertz CT molecular complexity index is 149. The van der Waals surface area contributed by atoms with Crippen LogP contribution in [0.2, 0.25) is 0 Å². The first-order valence-electron chi connectivity index (χ1n) is 4.22. The van der Waals surface area contributed by atoms with E-state index < -0.39 is 18.5 Å². The Hall–Kier alpha value is -0.250. The quantitative estimate of drug-likeness (QED) is 0.629. The van der Waals surface area contributed by atoms with Crippen LogP contribution >= 0.6 is 0 Å². The second-order valence-electron chi connectivity index (χ2n) is 3.42. The molecule has 72 valence electrons. The molecule has 1 aliphatic heterocycles. The van der Waals surface area contributed by atoms with Crippen LogP contribution in [0.1, 0.15) is 13.3 Å². The van der Waals surface area contributed by atoms with Crippen molar-refractivity contribution in [1.29, 1.82) is 0 Å². The number of likely N-dealkylation sites (tertiary alicyclic amines) is 1. The molecule has 0 aliphatic carbocycles. The van der Waals surface area contributed by atoms with E-state index in [-0.39, 0.29) is 13.1 Å². The van der Waals surface area contributed by atoms with Crippen molar-refractivity contribution < 1.29 is 13.2 Å². The van der Waals surface area contributed by atoms with Crippen LogP contribution in [0, 0.1) is 5.92 Å². The van der Waals surface area contributed by atoms with Crippen LogP contribution < -0.4 is 0 Å². The van der Waals surface area contributed by atoms with E-state index >= 15 is 0 Å². The average molecular weight is 181 g/mol. The van der Waals surface area contributed by atoms with E-state index in [4.69, 9.17) is 0 Å². The van der Waals surface area contributed by atoms with E-state index in [2.05, 4.69) is 0 Å². The third-order valence-electron chi connectivity index (χ3n) is 2.43. The summed E-state index contributed by atoms with van der Waals surface area (Å²) < 4.78 is 37.9. The Kier molecular flexibility index (Phi) is 2.99. The highest BCUT2D eigenvalue weighted by molar-refractivity contribution is 4.83. The van der Waals surface area contributed by atoms with E-state index in [0.717, 1.165) is 0 Å². The summed E-state index contributed by atoms with van der Waals surface area (Å²) >= 11 is 0. The third-order valence-corrected chi connectivity index (χ3v) is 2.43. The maximum Gasteiger partial charge on any atom is 0.263 e. The second kappa shape index (κ2) is 3.64. The molecule has 0 amide bonds. The summed E-state index contributed by atoms with van der Waals surface area (Å²) in [5.41, 5.74) is 0. The SMILES string of the molecule is CC1CCN(CCF)CC1(F)F. The van der Waals surface area contributed by atoms with Gasteiger partial charge in [-0.25, -0.2) is 13.2 Å². The van der Waals surface area contributed by atoms with Crippen LogP contribution in [0.3, 0.4) is 0 Å². The predicted molar refractivity (Wildman–Crippen MR) is 41.1 cm³/mol. The van der Waals surface area contributed by atoms with Crippen molar-refractivity contribution in [1.82, 2.24) is 4.90 Å². The maximum atomic E-state index is 13.0. The van der Waals surface area contributed by atoms with Gasteiger partial charge in [0.15, 0.2) is 0 Å². The van der Waals surface area contributed by atoms with Crippen LogP contribution in [0.5, 0.6) is 0 Å². The fourth-order valence-electron chi connectivity index (χ4n) is 1.43. The molecule has 12 heavy (non-hydrogen) atoms. The molecule has 0 radical (unpaired) electrons. The van der Waals surface area contributed by atoms with Gasteiger partial charge in [-0.2, -0.15) is 0 Å². The lowest BCUT2D eigenvalue weighted by atomic mass is 9.95. The topological polar surface area (TPSA) is 3.24 Å². The maximum absolute atomic E-state index is 13.0. The molecule has 0 N–H and O–H groups in total. The predicted octanol–water partition coefficient (Wildman–Crippen LogP) is 1.93. The smallest absolute Gasteiger partial charge is 0.263 e. The molecule has 0 bridgehead atoms. The minimum Gasteiger partial charge on any atom is -0.295 e. The molecule has 4 heteroatoms. The van der Waals surface area contributed by atoms with Crippen LogP contribution in [-0.2, 0) is 0 Å². The summed E-state index contributed by atoms with van der Waals surface area (Å²) in [5, 5.41) is 0. The number of alkyl halides is 3. The molecule has 0 saturated carbocycles. The first kappa shape index (κ1) is 9.84. The summed E-state index contributed by atoms with van der Waals surface area (Å²) in [4.78, 5) is 1.49. The van der Waals surface area contributed by atoms with Crippen molar-refractivity contribution >= 4 is 0 Å². The lowest BCUT2D eigenvalue weighted by molar-refractivity contribution is -0.105. The monoisotopic (exact) mass is 181 g/mol. The van der Waals surface area contributed by atoms with Crippen molar-refractivity contribution in [3.05, 3.63) is 0 Å². The Morgan fingerprint density at radius 1 is 1.50 bits per heavy atom. The third kappa shape index (κ3) is 2.12. The zero-order chi connectivity index (χ0) is 9.19. The van der Waals surface area contributed by atoms with Gasteiger partial charge in [0.2, 0.25) is 0 Å². The van der Waals surface area contributed by atoms with Gasteiger partial charge in [0.25, 0.3) is 5.92 Å². The molecular formula is C8H14F3N. The molecule has 1 unspecified atom stereocenters. The van der Waals surface area contributed by atoms with E-state index in [0.29, 0.717) is 13.0 Å². The number of nitrogens with zero attached hydrogens (tertiary/aromatic N) is 1. The Morgan fingerprint density at radius 3 is 2.67 bits per heavy atom.